The SMILES string of the molecule is Cc1ccccc1CN1CCC(c2cn(-c3ccc(F)cc3C(=O)N(C)C(C)C)c3cnccc23)CC1. The fraction of sp³-hybridized carbons (Fsp3) is 0.355. The van der Waals surface area contributed by atoms with E-state index in [9.17, 15) is 9.18 Å². The number of rotatable bonds is 6. The van der Waals surface area contributed by atoms with E-state index >= 15 is 0 Å². The lowest BCUT2D eigenvalue weighted by Gasteiger charge is -2.32. The number of benzene rings is 2. The van der Waals surface area contributed by atoms with Crippen molar-refractivity contribution < 1.29 is 9.18 Å². The van der Waals surface area contributed by atoms with Gasteiger partial charge in [0.2, 0.25) is 0 Å². The molecule has 192 valence electrons. The van der Waals surface area contributed by atoms with E-state index in [0.29, 0.717) is 17.2 Å². The largest absolute Gasteiger partial charge is 0.339 e. The van der Waals surface area contributed by atoms with E-state index in [1.807, 2.05) is 30.8 Å². The molecule has 1 amide bonds. The molecule has 0 bridgehead atoms. The van der Waals surface area contributed by atoms with E-state index in [4.69, 9.17) is 0 Å². The first-order valence-corrected chi connectivity index (χ1v) is 13.1. The summed E-state index contributed by atoms with van der Waals surface area (Å²) in [4.78, 5) is 21.9. The molecule has 0 saturated carbocycles. The predicted octanol–water partition coefficient (Wildman–Crippen LogP) is 6.33. The molecule has 2 aromatic heterocycles. The zero-order valence-corrected chi connectivity index (χ0v) is 22.1. The molecular formula is C31H35FN4O. The molecule has 0 radical (unpaired) electrons. The fourth-order valence-corrected chi connectivity index (χ4v) is 5.37. The second-order valence-corrected chi connectivity index (χ2v) is 10.5. The van der Waals surface area contributed by atoms with Gasteiger partial charge < -0.3 is 9.47 Å². The number of nitrogens with zero attached hydrogens (tertiary/aromatic N) is 4. The van der Waals surface area contributed by atoms with E-state index in [2.05, 4.69) is 53.3 Å². The summed E-state index contributed by atoms with van der Waals surface area (Å²) in [5.41, 5.74) is 5.98. The predicted molar refractivity (Wildman–Crippen MR) is 147 cm³/mol. The van der Waals surface area contributed by atoms with Crippen molar-refractivity contribution in [3.8, 4) is 5.69 Å². The molecule has 0 aliphatic carbocycles. The van der Waals surface area contributed by atoms with E-state index in [0.717, 1.165) is 43.4 Å². The van der Waals surface area contributed by atoms with Crippen LogP contribution in [-0.4, -0.2) is 51.4 Å². The molecule has 5 nitrogen and oxygen atoms in total. The molecule has 0 spiro atoms. The average Bonchev–Trinajstić information content (AvgIpc) is 3.29. The van der Waals surface area contributed by atoms with Crippen molar-refractivity contribution in [3.05, 3.63) is 95.2 Å². The van der Waals surface area contributed by atoms with Crippen molar-refractivity contribution in [1.82, 2.24) is 19.4 Å². The normalized spacial score (nSPS) is 15.0. The monoisotopic (exact) mass is 498 g/mol. The smallest absolute Gasteiger partial charge is 0.256 e. The second kappa shape index (κ2) is 10.5. The third kappa shape index (κ3) is 5.03. The van der Waals surface area contributed by atoms with Crippen LogP contribution < -0.4 is 0 Å². The summed E-state index contributed by atoms with van der Waals surface area (Å²) in [5, 5.41) is 1.15. The molecule has 4 aromatic rings. The van der Waals surface area contributed by atoms with Crippen LogP contribution in [0.25, 0.3) is 16.6 Å². The zero-order valence-electron chi connectivity index (χ0n) is 22.1. The third-order valence-electron chi connectivity index (χ3n) is 7.86. The molecule has 1 aliphatic heterocycles. The van der Waals surface area contributed by atoms with Gasteiger partial charge in [-0.1, -0.05) is 24.3 Å². The number of likely N-dealkylation sites (tertiary alicyclic amines) is 1. The number of carbonyl (C=O) groups is 1. The van der Waals surface area contributed by atoms with Crippen LogP contribution >= 0.6 is 0 Å². The van der Waals surface area contributed by atoms with E-state index in [-0.39, 0.29) is 11.9 Å². The van der Waals surface area contributed by atoms with Crippen molar-refractivity contribution in [2.24, 2.45) is 0 Å². The number of piperidine rings is 1. The van der Waals surface area contributed by atoms with Crippen LogP contribution in [0.1, 0.15) is 59.7 Å². The van der Waals surface area contributed by atoms with Crippen LogP contribution in [0.3, 0.4) is 0 Å². The summed E-state index contributed by atoms with van der Waals surface area (Å²) in [6.45, 7) is 9.14. The molecule has 1 aliphatic rings. The molecule has 0 N–H and O–H groups in total. The number of halogens is 1. The molecule has 0 unspecified atom stereocenters. The molecule has 1 saturated heterocycles. The maximum atomic E-state index is 14.3. The number of amides is 1. The minimum absolute atomic E-state index is 0.00658. The van der Waals surface area contributed by atoms with Crippen molar-refractivity contribution in [3.63, 3.8) is 0 Å². The van der Waals surface area contributed by atoms with Crippen molar-refractivity contribution in [2.75, 3.05) is 20.1 Å². The van der Waals surface area contributed by atoms with Gasteiger partial charge >= 0.3 is 0 Å². The van der Waals surface area contributed by atoms with E-state index in [1.54, 1.807) is 18.0 Å². The Balaban J connectivity index is 1.46. The number of pyridine rings is 1. The van der Waals surface area contributed by atoms with E-state index in [1.165, 1.54) is 28.8 Å². The highest BCUT2D eigenvalue weighted by Crippen LogP contribution is 2.36. The van der Waals surface area contributed by atoms with Gasteiger partial charge in [0.05, 0.1) is 23.0 Å². The molecule has 0 atom stereocenters. The van der Waals surface area contributed by atoms with Gasteiger partial charge in [0, 0.05) is 37.4 Å². The standard InChI is InChI=1S/C31H35FN4O/c1-21(2)34(4)31(37)27-17-25(32)9-10-29(27)36-20-28(26-11-14-33-18-30(26)36)23-12-15-35(16-13-23)19-24-8-6-5-7-22(24)3/h5-11,14,17-18,20-21,23H,12-13,15-16,19H2,1-4H3. The van der Waals surface area contributed by atoms with Crippen LogP contribution in [0.4, 0.5) is 4.39 Å². The van der Waals surface area contributed by atoms with E-state index < -0.39 is 5.82 Å². The Bertz CT molecular complexity index is 1420. The third-order valence-corrected chi connectivity index (χ3v) is 7.86. The lowest BCUT2D eigenvalue weighted by Crippen LogP contribution is -2.33. The lowest BCUT2D eigenvalue weighted by molar-refractivity contribution is 0.0754. The van der Waals surface area contributed by atoms with Gasteiger partial charge in [0.25, 0.3) is 5.91 Å². The minimum Gasteiger partial charge on any atom is -0.339 e. The molecular weight excluding hydrogens is 463 g/mol. The first kappa shape index (κ1) is 25.2. The quantitative estimate of drug-likeness (QED) is 0.312. The van der Waals surface area contributed by atoms with Gasteiger partial charge in [-0.25, -0.2) is 4.39 Å². The van der Waals surface area contributed by atoms with Crippen molar-refractivity contribution >= 4 is 16.8 Å². The van der Waals surface area contributed by atoms with Gasteiger partial charge in [0.1, 0.15) is 5.82 Å². The summed E-state index contributed by atoms with van der Waals surface area (Å²) < 4.78 is 16.3. The zero-order chi connectivity index (χ0) is 26.1. The average molecular weight is 499 g/mol. The Morgan fingerprint density at radius 3 is 2.62 bits per heavy atom. The summed E-state index contributed by atoms with van der Waals surface area (Å²) in [6.07, 6.45) is 7.95. The lowest BCUT2D eigenvalue weighted by atomic mass is 9.89. The van der Waals surface area contributed by atoms with Gasteiger partial charge in [-0.2, -0.15) is 0 Å². The van der Waals surface area contributed by atoms with Crippen molar-refractivity contribution in [2.45, 2.75) is 52.1 Å². The molecule has 37 heavy (non-hydrogen) atoms. The molecule has 1 fully saturated rings. The Kier molecular flexibility index (Phi) is 7.11. The Labute approximate surface area is 218 Å². The maximum Gasteiger partial charge on any atom is 0.256 e. The number of carbonyl (C=O) groups excluding carboxylic acids is 1. The fourth-order valence-electron chi connectivity index (χ4n) is 5.37. The molecule has 3 heterocycles. The molecule has 6 heteroatoms. The van der Waals surface area contributed by atoms with Gasteiger partial charge in [-0.05, 0) is 93.6 Å². The van der Waals surface area contributed by atoms with Crippen molar-refractivity contribution in [1.29, 1.82) is 0 Å². The van der Waals surface area contributed by atoms with Crippen LogP contribution in [0, 0.1) is 12.7 Å². The van der Waals surface area contributed by atoms with Gasteiger partial charge in [-0.3, -0.25) is 14.7 Å². The number of aromatic nitrogens is 2. The minimum atomic E-state index is -0.417. The van der Waals surface area contributed by atoms with Gasteiger partial charge in [-0.15, -0.1) is 0 Å². The highest BCUT2D eigenvalue weighted by atomic mass is 19.1. The first-order chi connectivity index (χ1) is 17.8. The molecule has 5 rings (SSSR count). The highest BCUT2D eigenvalue weighted by Gasteiger charge is 2.26. The Morgan fingerprint density at radius 1 is 1.14 bits per heavy atom. The Morgan fingerprint density at radius 2 is 1.89 bits per heavy atom. The molecule has 2 aromatic carbocycles. The summed E-state index contributed by atoms with van der Waals surface area (Å²) >= 11 is 0. The van der Waals surface area contributed by atoms with Crippen LogP contribution in [0.5, 0.6) is 0 Å². The topological polar surface area (TPSA) is 41.4 Å². The summed E-state index contributed by atoms with van der Waals surface area (Å²) in [7, 11) is 1.76. The number of fused-ring (bicyclic) bond motifs is 1. The summed E-state index contributed by atoms with van der Waals surface area (Å²) in [6, 6.07) is 15.2. The highest BCUT2D eigenvalue weighted by molar-refractivity contribution is 5.99. The number of hydrogen-bond donors (Lipinski definition) is 0. The Hall–Kier alpha value is -3.51. The second-order valence-electron chi connectivity index (χ2n) is 10.5. The van der Waals surface area contributed by atoms with Crippen LogP contribution in [-0.2, 0) is 6.54 Å². The maximum absolute atomic E-state index is 14.3. The summed E-state index contributed by atoms with van der Waals surface area (Å²) in [5.74, 6) is -0.196. The number of aryl methyl sites for hydroxylation is 1. The van der Waals surface area contributed by atoms with Crippen LogP contribution in [0.15, 0.2) is 67.1 Å². The first-order valence-electron chi connectivity index (χ1n) is 13.1. The number of hydrogen-bond acceptors (Lipinski definition) is 3. The van der Waals surface area contributed by atoms with Gasteiger partial charge in [0.15, 0.2) is 0 Å². The van der Waals surface area contributed by atoms with Crippen LogP contribution in [0.2, 0.25) is 0 Å².